The van der Waals surface area contributed by atoms with Crippen molar-refractivity contribution in [3.8, 4) is 23.3 Å². The first-order valence-electron chi connectivity index (χ1n) is 7.32. The molecule has 0 aliphatic carbocycles. The fourth-order valence-electron chi connectivity index (χ4n) is 1.97. The van der Waals surface area contributed by atoms with E-state index in [0.717, 1.165) is 4.68 Å². The van der Waals surface area contributed by atoms with E-state index in [0.29, 0.717) is 22.2 Å². The maximum absolute atomic E-state index is 11.8. The Kier molecular flexibility index (Phi) is 4.57. The van der Waals surface area contributed by atoms with E-state index in [-0.39, 0.29) is 12.2 Å². The average Bonchev–Trinajstić information content (AvgIpc) is 2.90. The van der Waals surface area contributed by atoms with Gasteiger partial charge >= 0.3 is 11.8 Å². The van der Waals surface area contributed by atoms with Gasteiger partial charge < -0.3 is 13.9 Å². The highest BCUT2D eigenvalue weighted by molar-refractivity contribution is 6.30. The lowest BCUT2D eigenvalue weighted by Crippen LogP contribution is -2.13. The Labute approximate surface area is 143 Å². The number of rotatable bonds is 5. The lowest BCUT2D eigenvalue weighted by atomic mass is 10.3. The fraction of sp³-hybridized carbons (Fsp3) is 0.176. The van der Waals surface area contributed by atoms with Crippen molar-refractivity contribution in [2.45, 2.75) is 20.0 Å². The zero-order valence-electron chi connectivity index (χ0n) is 13.1. The molecular weight excluding hydrogens is 332 g/mol. The number of aromatic nitrogens is 2. The monoisotopic (exact) mass is 346 g/mol. The average molecular weight is 347 g/mol. The SMILES string of the molecule is CC(C)Oc1nn(-c2ccc(Oc3ccc(Cl)cc3)cc2)c(=O)o1. The molecule has 24 heavy (non-hydrogen) atoms. The molecule has 0 N–H and O–H groups in total. The summed E-state index contributed by atoms with van der Waals surface area (Å²) in [6, 6.07) is 13.9. The molecule has 3 rings (SSSR count). The first kappa shape index (κ1) is 16.1. The Hall–Kier alpha value is -2.73. The summed E-state index contributed by atoms with van der Waals surface area (Å²) in [5, 5.41) is 4.64. The van der Waals surface area contributed by atoms with Crippen LogP contribution in [0.3, 0.4) is 0 Å². The van der Waals surface area contributed by atoms with E-state index < -0.39 is 5.76 Å². The molecule has 0 bridgehead atoms. The van der Waals surface area contributed by atoms with E-state index >= 15 is 0 Å². The highest BCUT2D eigenvalue weighted by Gasteiger charge is 2.12. The molecule has 2 aromatic carbocycles. The first-order valence-corrected chi connectivity index (χ1v) is 7.70. The minimum absolute atomic E-state index is 0.0588. The van der Waals surface area contributed by atoms with E-state index in [9.17, 15) is 4.79 Å². The summed E-state index contributed by atoms with van der Waals surface area (Å²) in [5.74, 6) is 0.673. The smallest absolute Gasteiger partial charge is 0.444 e. The maximum atomic E-state index is 11.8. The van der Waals surface area contributed by atoms with Crippen LogP contribution in [0.4, 0.5) is 0 Å². The highest BCUT2D eigenvalue weighted by atomic mass is 35.5. The molecule has 0 unspecified atom stereocenters. The predicted octanol–water partition coefficient (Wildman–Crippen LogP) is 4.06. The Bertz CT molecular complexity index is 867. The molecule has 124 valence electrons. The Balaban J connectivity index is 1.78. The molecule has 6 nitrogen and oxygen atoms in total. The van der Waals surface area contributed by atoms with Gasteiger partial charge in [-0.05, 0) is 62.4 Å². The van der Waals surface area contributed by atoms with Crippen molar-refractivity contribution in [1.29, 1.82) is 0 Å². The van der Waals surface area contributed by atoms with Gasteiger partial charge in [-0.25, -0.2) is 4.79 Å². The van der Waals surface area contributed by atoms with Crippen molar-refractivity contribution in [2.24, 2.45) is 0 Å². The molecule has 0 saturated heterocycles. The van der Waals surface area contributed by atoms with Gasteiger partial charge in [-0.15, -0.1) is 0 Å². The highest BCUT2D eigenvalue weighted by Crippen LogP contribution is 2.24. The lowest BCUT2D eigenvalue weighted by Gasteiger charge is -2.06. The molecular formula is C17H15ClN2O4. The first-order chi connectivity index (χ1) is 11.5. The molecule has 0 aliphatic rings. The van der Waals surface area contributed by atoms with Crippen molar-refractivity contribution < 1.29 is 13.9 Å². The molecule has 3 aromatic rings. The zero-order chi connectivity index (χ0) is 17.1. The number of hydrogen-bond donors (Lipinski definition) is 0. The van der Waals surface area contributed by atoms with Crippen LogP contribution in [0.25, 0.3) is 5.69 Å². The third-order valence-electron chi connectivity index (χ3n) is 3.00. The van der Waals surface area contributed by atoms with Crippen LogP contribution in [0, 0.1) is 0 Å². The standard InChI is InChI=1S/C17H15ClN2O4/c1-11(2)22-16-19-20(17(21)24-16)13-5-9-15(10-6-13)23-14-7-3-12(18)4-8-14/h3-11H,1-2H3. The minimum Gasteiger partial charge on any atom is -0.457 e. The molecule has 1 aromatic heterocycles. The van der Waals surface area contributed by atoms with Gasteiger partial charge in [0.1, 0.15) is 11.5 Å². The Morgan fingerprint density at radius 3 is 2.21 bits per heavy atom. The van der Waals surface area contributed by atoms with E-state index in [1.807, 2.05) is 13.8 Å². The zero-order valence-corrected chi connectivity index (χ0v) is 13.9. The van der Waals surface area contributed by atoms with Crippen LogP contribution in [-0.4, -0.2) is 15.9 Å². The van der Waals surface area contributed by atoms with Crippen LogP contribution in [-0.2, 0) is 0 Å². The second-order valence-corrected chi connectivity index (χ2v) is 5.70. The molecule has 0 amide bonds. The van der Waals surface area contributed by atoms with Gasteiger partial charge in [0.15, 0.2) is 0 Å². The van der Waals surface area contributed by atoms with Gasteiger partial charge in [0, 0.05) is 5.02 Å². The van der Waals surface area contributed by atoms with Crippen LogP contribution in [0.15, 0.2) is 57.7 Å². The van der Waals surface area contributed by atoms with E-state index in [1.54, 1.807) is 48.5 Å². The van der Waals surface area contributed by atoms with Gasteiger partial charge in [0.25, 0.3) is 0 Å². The van der Waals surface area contributed by atoms with E-state index in [1.165, 1.54) is 0 Å². The second kappa shape index (κ2) is 6.80. The molecule has 0 spiro atoms. The van der Waals surface area contributed by atoms with Gasteiger partial charge in [-0.3, -0.25) is 0 Å². The van der Waals surface area contributed by atoms with E-state index in [2.05, 4.69) is 5.10 Å². The van der Waals surface area contributed by atoms with Crippen LogP contribution < -0.4 is 15.2 Å². The van der Waals surface area contributed by atoms with Gasteiger partial charge in [0.2, 0.25) is 0 Å². The predicted molar refractivity (Wildman–Crippen MR) is 89.4 cm³/mol. The number of halogens is 1. The van der Waals surface area contributed by atoms with Crippen LogP contribution >= 0.6 is 11.6 Å². The molecule has 0 saturated carbocycles. The molecule has 0 fully saturated rings. The summed E-state index contributed by atoms with van der Waals surface area (Å²) >= 11 is 5.84. The van der Waals surface area contributed by atoms with Gasteiger partial charge in [-0.2, -0.15) is 4.68 Å². The number of ether oxygens (including phenoxy) is 2. The van der Waals surface area contributed by atoms with Crippen molar-refractivity contribution >= 4 is 11.6 Å². The number of hydrogen-bond acceptors (Lipinski definition) is 5. The number of nitrogens with zero attached hydrogens (tertiary/aromatic N) is 2. The normalized spacial score (nSPS) is 10.8. The third-order valence-corrected chi connectivity index (χ3v) is 3.25. The molecule has 0 aliphatic heterocycles. The Morgan fingerprint density at radius 1 is 1.04 bits per heavy atom. The Morgan fingerprint density at radius 2 is 1.62 bits per heavy atom. The summed E-state index contributed by atoms with van der Waals surface area (Å²) in [5.41, 5.74) is 0.547. The largest absolute Gasteiger partial charge is 0.457 e. The topological polar surface area (TPSA) is 66.5 Å². The molecule has 1 heterocycles. The maximum Gasteiger partial charge on any atom is 0.444 e. The van der Waals surface area contributed by atoms with Crippen molar-refractivity contribution in [3.63, 3.8) is 0 Å². The summed E-state index contributed by atoms with van der Waals surface area (Å²) in [6.07, 6.45) is -0.192. The van der Waals surface area contributed by atoms with Crippen LogP contribution in [0.1, 0.15) is 13.8 Å². The number of benzene rings is 2. The van der Waals surface area contributed by atoms with Gasteiger partial charge in [-0.1, -0.05) is 16.7 Å². The molecule has 0 atom stereocenters. The molecule has 7 heteroatoms. The van der Waals surface area contributed by atoms with Crippen molar-refractivity contribution in [3.05, 3.63) is 64.1 Å². The second-order valence-electron chi connectivity index (χ2n) is 5.26. The fourth-order valence-corrected chi connectivity index (χ4v) is 2.09. The summed E-state index contributed by atoms with van der Waals surface area (Å²) in [6.45, 7) is 3.64. The molecule has 0 radical (unpaired) electrons. The lowest BCUT2D eigenvalue weighted by molar-refractivity contribution is 0.172. The van der Waals surface area contributed by atoms with E-state index in [4.69, 9.17) is 25.5 Å². The summed E-state index contributed by atoms with van der Waals surface area (Å²) in [7, 11) is 0. The van der Waals surface area contributed by atoms with Crippen molar-refractivity contribution in [2.75, 3.05) is 0 Å². The summed E-state index contributed by atoms with van der Waals surface area (Å²) in [4.78, 5) is 11.8. The van der Waals surface area contributed by atoms with Crippen LogP contribution in [0.5, 0.6) is 17.6 Å². The van der Waals surface area contributed by atoms with Crippen LogP contribution in [0.2, 0.25) is 5.02 Å². The van der Waals surface area contributed by atoms with Gasteiger partial charge in [0.05, 0.1) is 11.8 Å². The minimum atomic E-state index is -0.614. The summed E-state index contributed by atoms with van der Waals surface area (Å²) < 4.78 is 17.0. The van der Waals surface area contributed by atoms with Crippen molar-refractivity contribution in [1.82, 2.24) is 9.78 Å². The quantitative estimate of drug-likeness (QED) is 0.697. The third kappa shape index (κ3) is 3.78.